The number of rotatable bonds is 26. The van der Waals surface area contributed by atoms with E-state index in [1.807, 2.05) is 24.3 Å². The van der Waals surface area contributed by atoms with Gasteiger partial charge in [0.25, 0.3) is 0 Å². The first-order chi connectivity index (χ1) is 38.6. The number of ether oxygens (including phenoxy) is 4. The average molecular weight is 1080 g/mol. The Hall–Kier alpha value is -8.25. The fourth-order valence-corrected chi connectivity index (χ4v) is 9.40. The minimum Gasteiger partial charge on any atom is -0.459 e. The quantitative estimate of drug-likeness (QED) is 0.0132. The summed E-state index contributed by atoms with van der Waals surface area (Å²) in [7, 11) is 0. The first-order valence-electron chi connectivity index (χ1n) is 28.1. The predicted molar refractivity (Wildman–Crippen MR) is 327 cm³/mol. The van der Waals surface area contributed by atoms with Crippen molar-refractivity contribution >= 4 is 52.2 Å². The van der Waals surface area contributed by atoms with Gasteiger partial charge in [-0.2, -0.15) is 0 Å². The van der Waals surface area contributed by atoms with Crippen LogP contribution in [0, 0.1) is 0 Å². The Balaban J connectivity index is 0.000000294. The Morgan fingerprint density at radius 2 is 0.700 bits per heavy atom. The second-order valence-corrected chi connectivity index (χ2v) is 19.1. The molecule has 0 aliphatic heterocycles. The zero-order valence-corrected chi connectivity index (χ0v) is 48.9. The van der Waals surface area contributed by atoms with Gasteiger partial charge in [-0.3, -0.25) is 0 Å². The third kappa shape index (κ3) is 17.4. The van der Waals surface area contributed by atoms with Crippen molar-refractivity contribution in [2.45, 2.75) is 75.2 Å². The monoisotopic (exact) mass is 1080 g/mol. The number of allylic oxidation sites excluding steroid dienone is 5. The molecule has 0 amide bonds. The molecule has 1 aliphatic rings. The highest BCUT2D eigenvalue weighted by atomic mass is 16.6. The molecule has 0 aromatic heterocycles. The first kappa shape index (κ1) is 62.6. The molecular formula is C68H83N4O8+. The van der Waals surface area contributed by atoms with E-state index in [9.17, 15) is 19.2 Å². The van der Waals surface area contributed by atoms with E-state index in [1.165, 1.54) is 33.9 Å². The van der Waals surface area contributed by atoms with Crippen LogP contribution in [0.1, 0.15) is 124 Å². The molecule has 0 saturated heterocycles. The molecule has 0 radical (unpaired) electrons. The third-order valence-corrected chi connectivity index (χ3v) is 14.0. The van der Waals surface area contributed by atoms with Crippen LogP contribution in [-0.4, -0.2) is 113 Å². The maximum absolute atomic E-state index is 12.6. The van der Waals surface area contributed by atoms with Crippen molar-refractivity contribution in [3.05, 3.63) is 214 Å². The lowest BCUT2D eigenvalue weighted by Gasteiger charge is -2.25. The zero-order chi connectivity index (χ0) is 58.1. The molecule has 0 N–H and O–H groups in total. The van der Waals surface area contributed by atoms with Crippen LogP contribution in [0.4, 0.5) is 17.1 Å². The van der Waals surface area contributed by atoms with Gasteiger partial charge in [0, 0.05) is 85.5 Å². The normalized spacial score (nSPS) is 11.5. The molecule has 0 unspecified atom stereocenters. The maximum Gasteiger partial charge on any atom is 0.338 e. The van der Waals surface area contributed by atoms with E-state index in [0.717, 1.165) is 80.2 Å². The Kier molecular flexibility index (Phi) is 25.0. The molecule has 12 nitrogen and oxygen atoms in total. The summed E-state index contributed by atoms with van der Waals surface area (Å²) >= 11 is 0. The van der Waals surface area contributed by atoms with Crippen LogP contribution >= 0.6 is 0 Å². The van der Waals surface area contributed by atoms with Gasteiger partial charge in [-0.25, -0.2) is 23.8 Å². The van der Waals surface area contributed by atoms with Crippen molar-refractivity contribution in [3.63, 3.8) is 0 Å². The summed E-state index contributed by atoms with van der Waals surface area (Å²) in [5, 5.41) is 0. The smallest absolute Gasteiger partial charge is 0.338 e. The van der Waals surface area contributed by atoms with Gasteiger partial charge in [0.05, 0.1) is 11.1 Å². The Bertz CT molecular complexity index is 2900. The third-order valence-electron chi connectivity index (χ3n) is 14.0. The lowest BCUT2D eigenvalue weighted by atomic mass is 9.84. The highest BCUT2D eigenvalue weighted by Crippen LogP contribution is 2.35. The molecule has 0 spiro atoms. The van der Waals surface area contributed by atoms with Gasteiger partial charge >= 0.3 is 23.9 Å². The molecular weight excluding hydrogens is 1000 g/mol. The standard InChI is InChI=1S/C34H42N2O4.C34H41N2O4/c2*1-7-35(8-2)30-19-15-27(16-20-30)32(28-17-21-31(22-18-28)36(9-3)10-4)26-11-13-29(14-12-26)34(38)40-24-23-39-33(37)25(5)6/h11-22,32H,5,7-10,23-24H2,1-4,6H3;11-22H,5,7-10,23-24H2,1-4,6H3/q;+1. The van der Waals surface area contributed by atoms with Gasteiger partial charge in [-0.1, -0.05) is 73.8 Å². The van der Waals surface area contributed by atoms with Crippen molar-refractivity contribution in [2.24, 2.45) is 0 Å². The van der Waals surface area contributed by atoms with Crippen molar-refractivity contribution in [1.82, 2.24) is 0 Å². The van der Waals surface area contributed by atoms with Gasteiger partial charge in [0.15, 0.2) is 5.71 Å². The first-order valence-corrected chi connectivity index (χ1v) is 28.1. The van der Waals surface area contributed by atoms with Gasteiger partial charge in [0.1, 0.15) is 39.5 Å². The van der Waals surface area contributed by atoms with Crippen molar-refractivity contribution < 1.29 is 42.7 Å². The van der Waals surface area contributed by atoms with Crippen LogP contribution in [0.5, 0.6) is 0 Å². The molecule has 6 rings (SSSR count). The molecule has 0 saturated carbocycles. The van der Waals surface area contributed by atoms with Crippen molar-refractivity contribution in [3.8, 4) is 0 Å². The molecule has 0 atom stereocenters. The number of hydrogen-bond donors (Lipinski definition) is 0. The largest absolute Gasteiger partial charge is 0.459 e. The fourth-order valence-electron chi connectivity index (χ4n) is 9.40. The summed E-state index contributed by atoms with van der Waals surface area (Å²) in [5.74, 6) is -1.92. The lowest BCUT2D eigenvalue weighted by Crippen LogP contribution is -2.21. The topological polar surface area (TPSA) is 118 Å². The molecule has 12 heteroatoms. The number of carbonyl (C=O) groups excluding carboxylic acids is 4. The van der Waals surface area contributed by atoms with Gasteiger partial charge < -0.3 is 33.6 Å². The molecule has 1 aliphatic carbocycles. The minimum absolute atomic E-state index is 0.00290. The highest BCUT2D eigenvalue weighted by molar-refractivity contribution is 6.04. The fraction of sp³-hybridized carbons (Fsp3) is 0.338. The highest BCUT2D eigenvalue weighted by Gasteiger charge is 2.21. The average Bonchev–Trinajstić information content (AvgIpc) is 3.49. The van der Waals surface area contributed by atoms with E-state index in [4.69, 9.17) is 18.9 Å². The van der Waals surface area contributed by atoms with Crippen LogP contribution in [0.15, 0.2) is 176 Å². The summed E-state index contributed by atoms with van der Waals surface area (Å²) in [6.45, 7) is 35.1. The van der Waals surface area contributed by atoms with Crippen molar-refractivity contribution in [2.75, 3.05) is 93.5 Å². The molecule has 422 valence electrons. The van der Waals surface area contributed by atoms with E-state index >= 15 is 0 Å². The van der Waals surface area contributed by atoms with Gasteiger partial charge in [-0.15, -0.1) is 0 Å². The molecule has 0 heterocycles. The van der Waals surface area contributed by atoms with Crippen LogP contribution in [0.3, 0.4) is 0 Å². The molecule has 5 aromatic rings. The second kappa shape index (κ2) is 32.0. The molecule has 0 bridgehead atoms. The molecule has 80 heavy (non-hydrogen) atoms. The van der Waals surface area contributed by atoms with E-state index in [2.05, 4.69) is 185 Å². The number of esters is 4. The van der Waals surface area contributed by atoms with E-state index in [1.54, 1.807) is 38.1 Å². The van der Waals surface area contributed by atoms with Gasteiger partial charge in [-0.05, 0) is 181 Å². The zero-order valence-electron chi connectivity index (χ0n) is 48.9. The minimum atomic E-state index is -0.501. The summed E-state index contributed by atoms with van der Waals surface area (Å²) in [6.07, 6.45) is 8.66. The van der Waals surface area contributed by atoms with E-state index < -0.39 is 23.9 Å². The SMILES string of the molecule is C=C(C)C(=O)OCCOC(=O)c1ccc(C(=C2C=CC(=[N+](CC)CC)C=C2)c2ccc(N(CC)CC)cc2)cc1.C=C(C)C(=O)OCCOC(=O)c1ccc(C(c2ccc(N(CC)CC)cc2)c2ccc(N(CC)CC)cc2)cc1. The van der Waals surface area contributed by atoms with Crippen LogP contribution < -0.4 is 14.7 Å². The van der Waals surface area contributed by atoms with Crippen LogP contribution in [0.2, 0.25) is 0 Å². The summed E-state index contributed by atoms with van der Waals surface area (Å²) in [6, 6.07) is 41.2. The summed E-state index contributed by atoms with van der Waals surface area (Å²) in [5.41, 5.74) is 14.0. The van der Waals surface area contributed by atoms with Crippen molar-refractivity contribution in [1.29, 1.82) is 0 Å². The summed E-state index contributed by atoms with van der Waals surface area (Å²) < 4.78 is 22.9. The van der Waals surface area contributed by atoms with E-state index in [-0.39, 0.29) is 32.3 Å². The maximum atomic E-state index is 12.6. The number of benzene rings is 5. The van der Waals surface area contributed by atoms with Crippen LogP contribution in [0.25, 0.3) is 5.57 Å². The summed E-state index contributed by atoms with van der Waals surface area (Å²) in [4.78, 5) is 55.1. The second-order valence-electron chi connectivity index (χ2n) is 19.1. The molecule has 0 fully saturated rings. The Morgan fingerprint density at radius 3 is 1.02 bits per heavy atom. The Morgan fingerprint density at radius 1 is 0.412 bits per heavy atom. The molecule has 5 aromatic carbocycles. The van der Waals surface area contributed by atoms with Crippen LogP contribution in [-0.2, 0) is 28.5 Å². The van der Waals surface area contributed by atoms with E-state index in [0.29, 0.717) is 22.3 Å². The Labute approximate surface area is 476 Å². The number of hydrogen-bond acceptors (Lipinski definition) is 11. The number of nitrogens with zero attached hydrogens (tertiary/aromatic N) is 4. The van der Waals surface area contributed by atoms with Gasteiger partial charge in [0.2, 0.25) is 0 Å². The predicted octanol–water partition coefficient (Wildman–Crippen LogP) is 13.1. The lowest BCUT2D eigenvalue weighted by molar-refractivity contribution is -0.519. The number of carbonyl (C=O) groups is 4. The number of anilines is 3.